The molecule has 0 saturated carbocycles. The molecule has 0 bridgehead atoms. The maximum atomic E-state index is 8.85. The summed E-state index contributed by atoms with van der Waals surface area (Å²) in [6, 6.07) is 19.3. The van der Waals surface area contributed by atoms with E-state index in [1.807, 2.05) is 49.4 Å². The van der Waals surface area contributed by atoms with Crippen molar-refractivity contribution in [2.45, 2.75) is 13.5 Å². The van der Waals surface area contributed by atoms with Crippen LogP contribution in [0.4, 0.5) is 0 Å². The van der Waals surface area contributed by atoms with Gasteiger partial charge in [0.1, 0.15) is 6.61 Å². The van der Waals surface area contributed by atoms with E-state index in [1.165, 1.54) is 0 Å². The standard InChI is InChI=1S/C16H14N2O/c1-13(16-9-5-8-15(10-16)11-17)18-19-12-14-6-3-2-4-7-14/h2-10H,12H2,1H3. The summed E-state index contributed by atoms with van der Waals surface area (Å²) in [5, 5.41) is 12.9. The minimum absolute atomic E-state index is 0.441. The zero-order valence-electron chi connectivity index (χ0n) is 10.7. The van der Waals surface area contributed by atoms with Crippen molar-refractivity contribution in [3.05, 3.63) is 71.3 Å². The summed E-state index contributed by atoms with van der Waals surface area (Å²) in [5.74, 6) is 0. The van der Waals surface area contributed by atoms with Crippen LogP contribution in [0, 0.1) is 11.3 Å². The number of rotatable bonds is 4. The Morgan fingerprint density at radius 1 is 1.16 bits per heavy atom. The number of benzene rings is 2. The number of oxime groups is 1. The van der Waals surface area contributed by atoms with Crippen molar-refractivity contribution in [3.8, 4) is 6.07 Å². The summed E-state index contributed by atoms with van der Waals surface area (Å²) in [5.41, 5.74) is 3.35. The summed E-state index contributed by atoms with van der Waals surface area (Å²) in [4.78, 5) is 5.31. The fourth-order valence-corrected chi connectivity index (χ4v) is 1.64. The van der Waals surface area contributed by atoms with Crippen LogP contribution in [0.25, 0.3) is 0 Å². The van der Waals surface area contributed by atoms with E-state index in [0.29, 0.717) is 12.2 Å². The average molecular weight is 250 g/mol. The monoisotopic (exact) mass is 250 g/mol. The number of nitriles is 1. The van der Waals surface area contributed by atoms with Gasteiger partial charge in [-0.15, -0.1) is 0 Å². The number of hydrogen-bond donors (Lipinski definition) is 0. The molecular formula is C16H14N2O. The van der Waals surface area contributed by atoms with Gasteiger partial charge in [0.05, 0.1) is 17.3 Å². The van der Waals surface area contributed by atoms with E-state index in [4.69, 9.17) is 10.1 Å². The fraction of sp³-hybridized carbons (Fsp3) is 0.125. The molecule has 0 aliphatic rings. The average Bonchev–Trinajstić information content (AvgIpc) is 2.48. The highest BCUT2D eigenvalue weighted by atomic mass is 16.6. The first-order valence-electron chi connectivity index (χ1n) is 6.00. The summed E-state index contributed by atoms with van der Waals surface area (Å²) in [6.07, 6.45) is 0. The highest BCUT2D eigenvalue weighted by Gasteiger charge is 1.99. The molecule has 0 spiro atoms. The largest absolute Gasteiger partial charge is 0.391 e. The van der Waals surface area contributed by atoms with E-state index in [9.17, 15) is 0 Å². The van der Waals surface area contributed by atoms with Gasteiger partial charge in [-0.3, -0.25) is 0 Å². The Bertz CT molecular complexity index is 612. The normalized spacial score (nSPS) is 10.8. The van der Waals surface area contributed by atoms with E-state index >= 15 is 0 Å². The van der Waals surface area contributed by atoms with Crippen molar-refractivity contribution in [1.82, 2.24) is 0 Å². The first kappa shape index (κ1) is 12.8. The predicted octanol–water partition coefficient (Wildman–Crippen LogP) is 3.50. The van der Waals surface area contributed by atoms with Gasteiger partial charge >= 0.3 is 0 Å². The highest BCUT2D eigenvalue weighted by Crippen LogP contribution is 2.07. The van der Waals surface area contributed by atoms with Crippen molar-refractivity contribution in [3.63, 3.8) is 0 Å². The molecule has 2 aromatic rings. The molecule has 19 heavy (non-hydrogen) atoms. The van der Waals surface area contributed by atoms with Crippen LogP contribution in [0.15, 0.2) is 59.8 Å². The molecule has 0 aromatic heterocycles. The van der Waals surface area contributed by atoms with E-state index in [0.717, 1.165) is 16.8 Å². The first-order chi connectivity index (χ1) is 9.29. The topological polar surface area (TPSA) is 45.4 Å². The third-order valence-electron chi connectivity index (χ3n) is 2.68. The molecule has 0 unspecified atom stereocenters. The second kappa shape index (κ2) is 6.36. The van der Waals surface area contributed by atoms with Crippen molar-refractivity contribution < 1.29 is 4.84 Å². The van der Waals surface area contributed by atoms with Gasteiger partial charge in [-0.25, -0.2) is 0 Å². The lowest BCUT2D eigenvalue weighted by Crippen LogP contribution is -1.97. The van der Waals surface area contributed by atoms with Crippen LogP contribution in [-0.2, 0) is 11.4 Å². The van der Waals surface area contributed by atoms with Crippen LogP contribution in [0.1, 0.15) is 23.6 Å². The summed E-state index contributed by atoms with van der Waals surface area (Å²) < 4.78 is 0. The Balaban J connectivity index is 2.01. The van der Waals surface area contributed by atoms with Gasteiger partial charge in [-0.2, -0.15) is 5.26 Å². The quantitative estimate of drug-likeness (QED) is 0.615. The van der Waals surface area contributed by atoms with Gasteiger partial charge in [0.15, 0.2) is 0 Å². The fourth-order valence-electron chi connectivity index (χ4n) is 1.64. The minimum Gasteiger partial charge on any atom is -0.391 e. The number of nitrogens with zero attached hydrogens (tertiary/aromatic N) is 2. The summed E-state index contributed by atoms with van der Waals surface area (Å²) in [7, 11) is 0. The van der Waals surface area contributed by atoms with Gasteiger partial charge in [-0.05, 0) is 24.6 Å². The summed E-state index contributed by atoms with van der Waals surface area (Å²) in [6.45, 7) is 2.30. The predicted molar refractivity (Wildman–Crippen MR) is 74.6 cm³/mol. The van der Waals surface area contributed by atoms with Crippen molar-refractivity contribution >= 4 is 5.71 Å². The molecule has 2 rings (SSSR count). The molecule has 0 aliphatic heterocycles. The van der Waals surface area contributed by atoms with E-state index in [-0.39, 0.29) is 0 Å². The molecule has 3 nitrogen and oxygen atoms in total. The molecule has 0 radical (unpaired) electrons. The third-order valence-corrected chi connectivity index (χ3v) is 2.68. The van der Waals surface area contributed by atoms with Gasteiger partial charge < -0.3 is 4.84 Å². The molecule has 0 heterocycles. The van der Waals surface area contributed by atoms with Gasteiger partial charge in [-0.1, -0.05) is 47.6 Å². The van der Waals surface area contributed by atoms with Crippen LogP contribution in [0.2, 0.25) is 0 Å². The van der Waals surface area contributed by atoms with Crippen LogP contribution in [-0.4, -0.2) is 5.71 Å². The Hall–Kier alpha value is -2.60. The van der Waals surface area contributed by atoms with Crippen LogP contribution in [0.3, 0.4) is 0 Å². The number of hydrogen-bond acceptors (Lipinski definition) is 3. The van der Waals surface area contributed by atoms with E-state index in [2.05, 4.69) is 11.2 Å². The molecule has 3 heteroatoms. The van der Waals surface area contributed by atoms with E-state index < -0.39 is 0 Å². The van der Waals surface area contributed by atoms with Gasteiger partial charge in [0.2, 0.25) is 0 Å². The Kier molecular flexibility index (Phi) is 4.30. The van der Waals surface area contributed by atoms with Crippen LogP contribution < -0.4 is 0 Å². The summed E-state index contributed by atoms with van der Waals surface area (Å²) >= 11 is 0. The molecule has 94 valence electrons. The molecule has 0 saturated heterocycles. The Labute approximate surface area is 112 Å². The van der Waals surface area contributed by atoms with Gasteiger partial charge in [0, 0.05) is 5.56 Å². The molecule has 0 N–H and O–H groups in total. The Morgan fingerprint density at radius 3 is 2.68 bits per heavy atom. The minimum atomic E-state index is 0.441. The zero-order chi connectivity index (χ0) is 13.5. The molecule has 0 atom stereocenters. The first-order valence-corrected chi connectivity index (χ1v) is 6.00. The molecule has 0 amide bonds. The second-order valence-corrected chi connectivity index (χ2v) is 4.13. The molecule has 2 aromatic carbocycles. The SMILES string of the molecule is CC(=NOCc1ccccc1)c1cccc(C#N)c1. The van der Waals surface area contributed by atoms with Crippen molar-refractivity contribution in [2.24, 2.45) is 5.16 Å². The smallest absolute Gasteiger partial charge is 0.142 e. The molecule has 0 fully saturated rings. The maximum Gasteiger partial charge on any atom is 0.142 e. The lowest BCUT2D eigenvalue weighted by atomic mass is 10.1. The van der Waals surface area contributed by atoms with Crippen molar-refractivity contribution in [2.75, 3.05) is 0 Å². The molecule has 0 aliphatic carbocycles. The van der Waals surface area contributed by atoms with Crippen LogP contribution >= 0.6 is 0 Å². The van der Waals surface area contributed by atoms with E-state index in [1.54, 1.807) is 12.1 Å². The van der Waals surface area contributed by atoms with Gasteiger partial charge in [0.25, 0.3) is 0 Å². The highest BCUT2D eigenvalue weighted by molar-refractivity contribution is 5.98. The molecular weight excluding hydrogens is 236 g/mol. The lowest BCUT2D eigenvalue weighted by Gasteiger charge is -2.03. The zero-order valence-corrected chi connectivity index (χ0v) is 10.7. The second-order valence-electron chi connectivity index (χ2n) is 4.13. The maximum absolute atomic E-state index is 8.85. The van der Waals surface area contributed by atoms with Crippen LogP contribution in [0.5, 0.6) is 0 Å². The lowest BCUT2D eigenvalue weighted by molar-refractivity contribution is 0.130. The van der Waals surface area contributed by atoms with Crippen molar-refractivity contribution in [1.29, 1.82) is 5.26 Å². The third kappa shape index (κ3) is 3.68. The Morgan fingerprint density at radius 2 is 1.95 bits per heavy atom.